The van der Waals surface area contributed by atoms with E-state index < -0.39 is 12.1 Å². The van der Waals surface area contributed by atoms with Gasteiger partial charge < -0.3 is 14.2 Å². The summed E-state index contributed by atoms with van der Waals surface area (Å²) in [5, 5.41) is 0. The van der Waals surface area contributed by atoms with Crippen LogP contribution in [0.2, 0.25) is 0 Å². The number of ether oxygens (including phenoxy) is 3. The number of hydrogen-bond acceptors (Lipinski definition) is 6. The summed E-state index contributed by atoms with van der Waals surface area (Å²) >= 11 is 0. The molecule has 1 unspecified atom stereocenters. The van der Waals surface area contributed by atoms with Gasteiger partial charge in [-0.05, 0) is 89.9 Å². The summed E-state index contributed by atoms with van der Waals surface area (Å²) in [4.78, 5) is 37.7. The highest BCUT2D eigenvalue weighted by molar-refractivity contribution is 5.72. The first-order chi connectivity index (χ1) is 29.0. The van der Waals surface area contributed by atoms with Crippen molar-refractivity contribution in [2.75, 3.05) is 13.2 Å². The van der Waals surface area contributed by atoms with Crippen molar-refractivity contribution < 1.29 is 28.6 Å². The number of hydrogen-bond donors (Lipinski definition) is 0. The van der Waals surface area contributed by atoms with E-state index in [4.69, 9.17) is 14.2 Å². The van der Waals surface area contributed by atoms with E-state index in [2.05, 4.69) is 124 Å². The van der Waals surface area contributed by atoms with Gasteiger partial charge in [-0.15, -0.1) is 0 Å². The highest BCUT2D eigenvalue weighted by Gasteiger charge is 2.19. The van der Waals surface area contributed by atoms with Crippen molar-refractivity contribution in [1.29, 1.82) is 0 Å². The maximum absolute atomic E-state index is 12.7. The average Bonchev–Trinajstić information content (AvgIpc) is 3.23. The molecule has 0 aromatic rings. The molecule has 6 nitrogen and oxygen atoms in total. The molecule has 0 aromatic carbocycles. The Morgan fingerprint density at radius 1 is 0.373 bits per heavy atom. The SMILES string of the molecule is CC\C=C/C=C\C=C/CCCCCCCC(=O)OC(COC(=O)C/C=C\C/C=C\C/C=C\CC)COC(=O)CCCCCCCC/C=C\C/C=C\C/C=C\C/C=C\CC. The van der Waals surface area contributed by atoms with Crippen molar-refractivity contribution in [2.45, 2.75) is 181 Å². The van der Waals surface area contributed by atoms with Crippen LogP contribution in [0.3, 0.4) is 0 Å². The highest BCUT2D eigenvalue weighted by atomic mass is 16.6. The molecule has 6 heteroatoms. The van der Waals surface area contributed by atoms with E-state index >= 15 is 0 Å². The van der Waals surface area contributed by atoms with E-state index in [1.54, 1.807) is 6.08 Å². The zero-order valence-corrected chi connectivity index (χ0v) is 37.5. The Kier molecular flexibility index (Phi) is 43.2. The first-order valence-corrected chi connectivity index (χ1v) is 23.1. The normalized spacial score (nSPS) is 13.2. The van der Waals surface area contributed by atoms with Gasteiger partial charge in [0, 0.05) is 12.8 Å². The fourth-order valence-corrected chi connectivity index (χ4v) is 5.67. The second kappa shape index (κ2) is 46.5. The summed E-state index contributed by atoms with van der Waals surface area (Å²) in [5.41, 5.74) is 0. The number of esters is 3. The van der Waals surface area contributed by atoms with Crippen molar-refractivity contribution in [3.05, 3.63) is 122 Å². The van der Waals surface area contributed by atoms with Gasteiger partial charge in [-0.25, -0.2) is 0 Å². The van der Waals surface area contributed by atoms with Crippen molar-refractivity contribution in [3.8, 4) is 0 Å². The summed E-state index contributed by atoms with van der Waals surface area (Å²) in [6, 6.07) is 0. The lowest BCUT2D eigenvalue weighted by Crippen LogP contribution is -2.30. The topological polar surface area (TPSA) is 78.9 Å². The van der Waals surface area contributed by atoms with E-state index in [1.165, 1.54) is 12.8 Å². The van der Waals surface area contributed by atoms with Gasteiger partial charge in [-0.3, -0.25) is 14.4 Å². The predicted octanol–water partition coefficient (Wildman–Crippen LogP) is 15.0. The summed E-state index contributed by atoms with van der Waals surface area (Å²) in [6.45, 7) is 6.11. The van der Waals surface area contributed by atoms with E-state index in [9.17, 15) is 14.4 Å². The third-order valence-electron chi connectivity index (χ3n) is 9.04. The molecular formula is C53H82O6. The minimum atomic E-state index is -0.831. The lowest BCUT2D eigenvalue weighted by molar-refractivity contribution is -0.166. The lowest BCUT2D eigenvalue weighted by Gasteiger charge is -2.18. The number of carbonyl (C=O) groups is 3. The van der Waals surface area contributed by atoms with E-state index in [0.717, 1.165) is 122 Å². The molecule has 0 aliphatic heterocycles. The van der Waals surface area contributed by atoms with Gasteiger partial charge in [0.05, 0.1) is 6.42 Å². The fourth-order valence-electron chi connectivity index (χ4n) is 5.67. The van der Waals surface area contributed by atoms with Gasteiger partial charge in [0.2, 0.25) is 0 Å². The predicted molar refractivity (Wildman–Crippen MR) is 251 cm³/mol. The number of rotatable bonds is 39. The Morgan fingerprint density at radius 2 is 0.763 bits per heavy atom. The van der Waals surface area contributed by atoms with Crippen molar-refractivity contribution in [2.24, 2.45) is 0 Å². The number of allylic oxidation sites excluding steroid dienone is 19. The molecule has 0 fully saturated rings. The summed E-state index contributed by atoms with van der Waals surface area (Å²) in [6.07, 6.45) is 63.6. The second-order valence-electron chi connectivity index (χ2n) is 14.6. The fraction of sp³-hybridized carbons (Fsp3) is 0.566. The average molecular weight is 815 g/mol. The molecule has 0 rings (SSSR count). The Bertz CT molecular complexity index is 1300. The molecule has 1 atom stereocenters. The molecule has 0 bridgehead atoms. The molecular weight excluding hydrogens is 733 g/mol. The van der Waals surface area contributed by atoms with Gasteiger partial charge in [0.15, 0.2) is 6.10 Å². The zero-order valence-electron chi connectivity index (χ0n) is 37.5. The zero-order chi connectivity index (χ0) is 43.0. The van der Waals surface area contributed by atoms with Crippen molar-refractivity contribution >= 4 is 17.9 Å². The molecule has 0 heterocycles. The minimum Gasteiger partial charge on any atom is -0.462 e. The van der Waals surface area contributed by atoms with E-state index in [0.29, 0.717) is 6.42 Å². The molecule has 330 valence electrons. The molecule has 0 aromatic heterocycles. The third kappa shape index (κ3) is 44.8. The van der Waals surface area contributed by atoms with Gasteiger partial charge >= 0.3 is 17.9 Å². The van der Waals surface area contributed by atoms with Crippen LogP contribution < -0.4 is 0 Å². The first-order valence-electron chi connectivity index (χ1n) is 23.1. The monoisotopic (exact) mass is 815 g/mol. The Hall–Kier alpha value is -4.19. The van der Waals surface area contributed by atoms with Gasteiger partial charge in [0.1, 0.15) is 13.2 Å². The summed E-state index contributed by atoms with van der Waals surface area (Å²) in [5.74, 6) is -1.10. The van der Waals surface area contributed by atoms with Crippen LogP contribution in [0.1, 0.15) is 175 Å². The van der Waals surface area contributed by atoms with E-state index in [1.807, 2.05) is 12.2 Å². The van der Waals surface area contributed by atoms with Crippen LogP contribution in [-0.2, 0) is 28.6 Å². The van der Waals surface area contributed by atoms with Gasteiger partial charge in [-0.1, -0.05) is 187 Å². The Labute approximate surface area is 361 Å². The largest absolute Gasteiger partial charge is 0.462 e. The van der Waals surface area contributed by atoms with Crippen LogP contribution in [0.4, 0.5) is 0 Å². The van der Waals surface area contributed by atoms with Crippen molar-refractivity contribution in [3.63, 3.8) is 0 Å². The lowest BCUT2D eigenvalue weighted by atomic mass is 10.1. The molecule has 0 saturated carbocycles. The Morgan fingerprint density at radius 3 is 1.29 bits per heavy atom. The minimum absolute atomic E-state index is 0.122. The summed E-state index contributed by atoms with van der Waals surface area (Å²) in [7, 11) is 0. The van der Waals surface area contributed by atoms with Crippen LogP contribution >= 0.6 is 0 Å². The van der Waals surface area contributed by atoms with Crippen LogP contribution in [0, 0.1) is 0 Å². The maximum atomic E-state index is 12.7. The molecule has 0 spiro atoms. The van der Waals surface area contributed by atoms with E-state index in [-0.39, 0.29) is 38.0 Å². The Balaban J connectivity index is 4.46. The van der Waals surface area contributed by atoms with Crippen LogP contribution in [-0.4, -0.2) is 37.2 Å². The van der Waals surface area contributed by atoms with Crippen LogP contribution in [0.15, 0.2) is 122 Å². The molecule has 0 aliphatic carbocycles. The maximum Gasteiger partial charge on any atom is 0.309 e. The molecule has 0 N–H and O–H groups in total. The van der Waals surface area contributed by atoms with Gasteiger partial charge in [0.25, 0.3) is 0 Å². The number of carbonyl (C=O) groups excluding carboxylic acids is 3. The third-order valence-corrected chi connectivity index (χ3v) is 9.04. The van der Waals surface area contributed by atoms with Crippen LogP contribution in [0.5, 0.6) is 0 Å². The van der Waals surface area contributed by atoms with Gasteiger partial charge in [-0.2, -0.15) is 0 Å². The molecule has 0 amide bonds. The molecule has 0 radical (unpaired) electrons. The van der Waals surface area contributed by atoms with Crippen molar-refractivity contribution in [1.82, 2.24) is 0 Å². The molecule has 0 saturated heterocycles. The standard InChI is InChI=1S/C53H82O6/c1-4-7-10-13-16-19-21-23-24-25-26-27-28-30-31-34-37-40-43-46-52(55)58-49-50(48-57-51(54)45-42-39-36-33-18-15-12-9-6-3)59-53(56)47-44-41-38-35-32-29-22-20-17-14-11-8-5-2/h7-12,14,16-20,22-24,26-27,33,39,42,50H,4-6,13,15,21,25,28-32,34-38,40-41,43-49H2,1-3H3/b10-7-,11-8-,12-9-,17-14-,19-16-,22-20-,24-23-,27-26-,33-18-,42-39-. The summed E-state index contributed by atoms with van der Waals surface area (Å²) < 4.78 is 16.6. The highest BCUT2D eigenvalue weighted by Crippen LogP contribution is 2.12. The quantitative estimate of drug-likeness (QED) is 0.0202. The second-order valence-corrected chi connectivity index (χ2v) is 14.6. The smallest absolute Gasteiger partial charge is 0.309 e. The number of unbranched alkanes of at least 4 members (excludes halogenated alkanes) is 11. The molecule has 59 heavy (non-hydrogen) atoms. The first kappa shape index (κ1) is 54.8. The van der Waals surface area contributed by atoms with Crippen LogP contribution in [0.25, 0.3) is 0 Å². The molecule has 0 aliphatic rings.